The summed E-state index contributed by atoms with van der Waals surface area (Å²) in [6, 6.07) is 3.18. The van der Waals surface area contributed by atoms with Gasteiger partial charge < -0.3 is 16.2 Å². The van der Waals surface area contributed by atoms with Gasteiger partial charge in [0.05, 0.1) is 6.10 Å². The monoisotopic (exact) mass is 240 g/mol. The maximum atomic E-state index is 11.7. The lowest BCUT2D eigenvalue weighted by molar-refractivity contribution is -0.123. The summed E-state index contributed by atoms with van der Waals surface area (Å²) in [6.07, 6.45) is 1.40. The van der Waals surface area contributed by atoms with Gasteiger partial charge in [0.15, 0.2) is 0 Å². The van der Waals surface area contributed by atoms with Gasteiger partial charge in [-0.1, -0.05) is 6.07 Å². The van der Waals surface area contributed by atoms with Gasteiger partial charge >= 0.3 is 0 Å². The molecule has 0 radical (unpaired) electrons. The molecule has 5 heteroatoms. The van der Waals surface area contributed by atoms with E-state index in [-0.39, 0.29) is 12.0 Å². The largest absolute Gasteiger partial charge is 0.393 e. The summed E-state index contributed by atoms with van der Waals surface area (Å²) >= 11 is 1.49. The molecule has 0 saturated heterocycles. The van der Waals surface area contributed by atoms with Crippen LogP contribution in [0.3, 0.4) is 0 Å². The van der Waals surface area contributed by atoms with Gasteiger partial charge in [-0.3, -0.25) is 4.79 Å². The molecule has 1 aromatic heterocycles. The Morgan fingerprint density at radius 1 is 1.69 bits per heavy atom. The van der Waals surface area contributed by atoms with Gasteiger partial charge in [0.2, 0.25) is 5.91 Å². The number of carbonyl (C=O) groups is 1. The Balaban J connectivity index is 1.75. The maximum Gasteiger partial charge on any atom is 0.242 e. The van der Waals surface area contributed by atoms with Gasteiger partial charge in [0.1, 0.15) is 6.04 Å². The molecule has 0 spiro atoms. The highest BCUT2D eigenvalue weighted by molar-refractivity contribution is 7.10. The molecule has 1 aliphatic rings. The first-order valence-corrected chi connectivity index (χ1v) is 6.29. The molecule has 1 aromatic rings. The summed E-state index contributed by atoms with van der Waals surface area (Å²) in [4.78, 5) is 12.6. The van der Waals surface area contributed by atoms with E-state index in [0.717, 1.165) is 17.7 Å². The SMILES string of the molecule is NC(C(=O)NCC1CC(O)C1)c1cccs1. The van der Waals surface area contributed by atoms with E-state index < -0.39 is 6.04 Å². The van der Waals surface area contributed by atoms with Crippen LogP contribution in [-0.2, 0) is 4.79 Å². The first kappa shape index (κ1) is 11.6. The highest BCUT2D eigenvalue weighted by atomic mass is 32.1. The zero-order valence-electron chi connectivity index (χ0n) is 8.93. The van der Waals surface area contributed by atoms with Crippen LogP contribution >= 0.6 is 11.3 Å². The Morgan fingerprint density at radius 3 is 3.00 bits per heavy atom. The highest BCUT2D eigenvalue weighted by Crippen LogP contribution is 2.26. The Hall–Kier alpha value is -0.910. The maximum absolute atomic E-state index is 11.7. The van der Waals surface area contributed by atoms with Crippen LogP contribution in [0, 0.1) is 5.92 Å². The third-order valence-electron chi connectivity index (χ3n) is 2.91. The zero-order chi connectivity index (χ0) is 11.5. The summed E-state index contributed by atoms with van der Waals surface area (Å²) < 4.78 is 0. The minimum Gasteiger partial charge on any atom is -0.393 e. The van der Waals surface area contributed by atoms with Crippen molar-refractivity contribution < 1.29 is 9.90 Å². The fourth-order valence-electron chi connectivity index (χ4n) is 1.82. The van der Waals surface area contributed by atoms with Crippen molar-refractivity contribution in [1.29, 1.82) is 0 Å². The lowest BCUT2D eigenvalue weighted by Crippen LogP contribution is -2.41. The zero-order valence-corrected chi connectivity index (χ0v) is 9.74. The molecule has 1 heterocycles. The van der Waals surface area contributed by atoms with Crippen molar-refractivity contribution in [3.05, 3.63) is 22.4 Å². The van der Waals surface area contributed by atoms with E-state index in [2.05, 4.69) is 5.32 Å². The van der Waals surface area contributed by atoms with Crippen molar-refractivity contribution in [2.45, 2.75) is 25.0 Å². The fourth-order valence-corrected chi connectivity index (χ4v) is 2.54. The summed E-state index contributed by atoms with van der Waals surface area (Å²) in [5.41, 5.74) is 5.80. The molecule has 1 atom stereocenters. The van der Waals surface area contributed by atoms with E-state index in [1.165, 1.54) is 11.3 Å². The van der Waals surface area contributed by atoms with Gasteiger partial charge in [-0.25, -0.2) is 0 Å². The lowest BCUT2D eigenvalue weighted by atomic mass is 9.82. The molecule has 1 aliphatic carbocycles. The summed E-state index contributed by atoms with van der Waals surface area (Å²) in [5.74, 6) is 0.276. The number of nitrogens with one attached hydrogen (secondary N) is 1. The predicted molar refractivity (Wildman–Crippen MR) is 63.0 cm³/mol. The first-order chi connectivity index (χ1) is 7.66. The van der Waals surface area contributed by atoms with E-state index in [1.54, 1.807) is 0 Å². The third-order valence-corrected chi connectivity index (χ3v) is 3.86. The van der Waals surface area contributed by atoms with Gasteiger partial charge in [0, 0.05) is 11.4 Å². The molecular formula is C11H16N2O2S. The number of thiophene rings is 1. The number of hydrogen-bond acceptors (Lipinski definition) is 4. The van der Waals surface area contributed by atoms with Crippen molar-refractivity contribution in [2.24, 2.45) is 11.7 Å². The quantitative estimate of drug-likeness (QED) is 0.722. The predicted octanol–water partition coefficient (Wildman–Crippen LogP) is 0.635. The third kappa shape index (κ3) is 2.61. The average molecular weight is 240 g/mol. The second-order valence-electron chi connectivity index (χ2n) is 4.23. The van der Waals surface area contributed by atoms with Crippen LogP contribution in [0.1, 0.15) is 23.8 Å². The Morgan fingerprint density at radius 2 is 2.44 bits per heavy atom. The van der Waals surface area contributed by atoms with Crippen LogP contribution < -0.4 is 11.1 Å². The fraction of sp³-hybridized carbons (Fsp3) is 0.545. The standard InChI is InChI=1S/C11H16N2O2S/c12-10(9-2-1-3-16-9)11(15)13-6-7-4-8(14)5-7/h1-3,7-8,10,14H,4-6,12H2,(H,13,15). The van der Waals surface area contributed by atoms with Gasteiger partial charge in [-0.2, -0.15) is 0 Å². The smallest absolute Gasteiger partial charge is 0.242 e. The van der Waals surface area contributed by atoms with Gasteiger partial charge in [-0.05, 0) is 30.2 Å². The molecule has 1 fully saturated rings. The van der Waals surface area contributed by atoms with Gasteiger partial charge in [-0.15, -0.1) is 11.3 Å². The molecular weight excluding hydrogens is 224 g/mol. The van der Waals surface area contributed by atoms with Crippen LogP contribution in [0.25, 0.3) is 0 Å². The van der Waals surface area contributed by atoms with Crippen molar-refractivity contribution in [2.75, 3.05) is 6.54 Å². The number of aliphatic hydroxyl groups excluding tert-OH is 1. The summed E-state index contributed by atoms with van der Waals surface area (Å²) in [5, 5.41) is 13.8. The molecule has 88 valence electrons. The van der Waals surface area contributed by atoms with E-state index in [0.29, 0.717) is 12.5 Å². The molecule has 4 nitrogen and oxygen atoms in total. The number of hydrogen-bond donors (Lipinski definition) is 3. The highest BCUT2D eigenvalue weighted by Gasteiger charge is 2.28. The Kier molecular flexibility index (Phi) is 3.58. The molecule has 1 saturated carbocycles. The minimum atomic E-state index is -0.565. The van der Waals surface area contributed by atoms with E-state index in [9.17, 15) is 4.79 Å². The van der Waals surface area contributed by atoms with E-state index >= 15 is 0 Å². The second kappa shape index (κ2) is 4.95. The normalized spacial score (nSPS) is 25.9. The number of carbonyl (C=O) groups excluding carboxylic acids is 1. The van der Waals surface area contributed by atoms with Gasteiger partial charge in [0.25, 0.3) is 0 Å². The van der Waals surface area contributed by atoms with E-state index in [1.807, 2.05) is 17.5 Å². The number of rotatable bonds is 4. The van der Waals surface area contributed by atoms with Crippen molar-refractivity contribution in [1.82, 2.24) is 5.32 Å². The minimum absolute atomic E-state index is 0.135. The molecule has 0 bridgehead atoms. The average Bonchev–Trinajstić information content (AvgIpc) is 2.74. The van der Waals surface area contributed by atoms with Crippen LogP contribution in [0.5, 0.6) is 0 Å². The molecule has 1 unspecified atom stereocenters. The van der Waals surface area contributed by atoms with Crippen LogP contribution in [-0.4, -0.2) is 23.7 Å². The molecule has 4 N–H and O–H groups in total. The van der Waals surface area contributed by atoms with E-state index in [4.69, 9.17) is 10.8 Å². The number of nitrogens with two attached hydrogens (primary N) is 1. The lowest BCUT2D eigenvalue weighted by Gasteiger charge is -2.31. The number of amides is 1. The Labute approximate surface area is 98.5 Å². The van der Waals surface area contributed by atoms with Crippen molar-refractivity contribution >= 4 is 17.2 Å². The van der Waals surface area contributed by atoms with Crippen LogP contribution in [0.15, 0.2) is 17.5 Å². The Bertz CT molecular complexity index is 347. The topological polar surface area (TPSA) is 75.4 Å². The molecule has 2 rings (SSSR count). The molecule has 1 amide bonds. The second-order valence-corrected chi connectivity index (χ2v) is 5.21. The molecule has 0 aliphatic heterocycles. The number of aliphatic hydroxyl groups is 1. The van der Waals surface area contributed by atoms with Crippen LogP contribution in [0.2, 0.25) is 0 Å². The summed E-state index contributed by atoms with van der Waals surface area (Å²) in [6.45, 7) is 0.620. The van der Waals surface area contributed by atoms with Crippen molar-refractivity contribution in [3.8, 4) is 0 Å². The first-order valence-electron chi connectivity index (χ1n) is 5.41. The van der Waals surface area contributed by atoms with Crippen molar-refractivity contribution in [3.63, 3.8) is 0 Å². The molecule has 16 heavy (non-hydrogen) atoms. The molecule has 0 aromatic carbocycles. The summed E-state index contributed by atoms with van der Waals surface area (Å²) in [7, 11) is 0. The van der Waals surface area contributed by atoms with Crippen LogP contribution in [0.4, 0.5) is 0 Å².